The lowest BCUT2D eigenvalue weighted by Gasteiger charge is -2.30. The topological polar surface area (TPSA) is 79.0 Å². The lowest BCUT2D eigenvalue weighted by atomic mass is 10.1. The maximum Gasteiger partial charge on any atom is 0.225 e. The molecule has 1 fully saturated rings. The minimum Gasteiger partial charge on any atom is -0.348 e. The molecular formula is C19H20ClFN4O2S2. The molecule has 0 unspecified atom stereocenters. The SMILES string of the molecule is Cc1cnc(S(=O)(=O)C2CCN(c3nc(Cc4ccc(Cl)c(F)c4)cs3)CC2)[nH]1. The Morgan fingerprint density at radius 2 is 2.10 bits per heavy atom. The number of thiazole rings is 1. The molecule has 4 rings (SSSR count). The van der Waals surface area contributed by atoms with Crippen molar-refractivity contribution in [2.24, 2.45) is 0 Å². The molecule has 1 N–H and O–H groups in total. The third kappa shape index (κ3) is 4.31. The number of nitrogens with zero attached hydrogens (tertiary/aromatic N) is 3. The fraction of sp³-hybridized carbons (Fsp3) is 0.368. The van der Waals surface area contributed by atoms with Crippen LogP contribution < -0.4 is 4.90 Å². The third-order valence-electron chi connectivity index (χ3n) is 5.01. The van der Waals surface area contributed by atoms with E-state index in [1.165, 1.54) is 23.6 Å². The molecule has 0 spiro atoms. The van der Waals surface area contributed by atoms with Crippen LogP contribution in [0.25, 0.3) is 0 Å². The van der Waals surface area contributed by atoms with E-state index >= 15 is 0 Å². The van der Waals surface area contributed by atoms with E-state index in [0.717, 1.165) is 22.1 Å². The summed E-state index contributed by atoms with van der Waals surface area (Å²) in [6.07, 6.45) is 3.11. The molecule has 1 aliphatic heterocycles. The predicted octanol–water partition coefficient (Wildman–Crippen LogP) is 4.00. The number of benzene rings is 1. The van der Waals surface area contributed by atoms with Gasteiger partial charge in [0.15, 0.2) is 5.13 Å². The highest BCUT2D eigenvalue weighted by Crippen LogP contribution is 2.29. The first-order valence-corrected chi connectivity index (χ1v) is 12.0. The number of aromatic amines is 1. The van der Waals surface area contributed by atoms with Gasteiger partial charge in [-0.3, -0.25) is 0 Å². The van der Waals surface area contributed by atoms with E-state index in [-0.39, 0.29) is 10.2 Å². The van der Waals surface area contributed by atoms with Crippen LogP contribution in [0.2, 0.25) is 5.02 Å². The summed E-state index contributed by atoms with van der Waals surface area (Å²) in [6, 6.07) is 4.76. The summed E-state index contributed by atoms with van der Waals surface area (Å²) in [5, 5.41) is 2.53. The zero-order valence-corrected chi connectivity index (χ0v) is 18.1. The average Bonchev–Trinajstić information content (AvgIpc) is 3.34. The Morgan fingerprint density at radius 1 is 1.34 bits per heavy atom. The van der Waals surface area contributed by atoms with Crippen molar-refractivity contribution in [2.75, 3.05) is 18.0 Å². The number of hydrogen-bond acceptors (Lipinski definition) is 6. The zero-order valence-electron chi connectivity index (χ0n) is 15.7. The van der Waals surface area contributed by atoms with E-state index in [1.807, 2.05) is 5.38 Å². The molecule has 1 saturated heterocycles. The van der Waals surface area contributed by atoms with Crippen LogP contribution >= 0.6 is 22.9 Å². The Morgan fingerprint density at radius 3 is 2.76 bits per heavy atom. The first-order valence-electron chi connectivity index (χ1n) is 9.22. The highest BCUT2D eigenvalue weighted by atomic mass is 35.5. The quantitative estimate of drug-likeness (QED) is 0.630. The molecule has 6 nitrogen and oxygen atoms in total. The smallest absolute Gasteiger partial charge is 0.225 e. The van der Waals surface area contributed by atoms with Gasteiger partial charge in [-0.05, 0) is 37.5 Å². The highest BCUT2D eigenvalue weighted by molar-refractivity contribution is 7.91. The van der Waals surface area contributed by atoms with Crippen molar-refractivity contribution in [1.29, 1.82) is 0 Å². The molecule has 0 saturated carbocycles. The number of piperidine rings is 1. The van der Waals surface area contributed by atoms with Gasteiger partial charge in [-0.1, -0.05) is 17.7 Å². The van der Waals surface area contributed by atoms with Crippen LogP contribution in [0.15, 0.2) is 34.9 Å². The lowest BCUT2D eigenvalue weighted by Crippen LogP contribution is -2.39. The molecular weight excluding hydrogens is 435 g/mol. The fourth-order valence-corrected chi connectivity index (χ4v) is 6.08. The first kappa shape index (κ1) is 20.3. The molecule has 29 heavy (non-hydrogen) atoms. The number of aryl methyl sites for hydroxylation is 1. The summed E-state index contributed by atoms with van der Waals surface area (Å²) in [7, 11) is -3.45. The Kier molecular flexibility index (Phi) is 5.63. The second-order valence-electron chi connectivity index (χ2n) is 7.15. The maximum atomic E-state index is 13.6. The second kappa shape index (κ2) is 8.04. The molecule has 10 heteroatoms. The van der Waals surface area contributed by atoms with Gasteiger partial charge in [0.1, 0.15) is 5.82 Å². The van der Waals surface area contributed by atoms with Crippen molar-refractivity contribution in [3.05, 3.63) is 57.6 Å². The fourth-order valence-electron chi connectivity index (χ4n) is 3.43. The number of rotatable bonds is 5. The van der Waals surface area contributed by atoms with Crippen molar-refractivity contribution in [3.8, 4) is 0 Å². The van der Waals surface area contributed by atoms with Crippen molar-refractivity contribution < 1.29 is 12.8 Å². The van der Waals surface area contributed by atoms with E-state index in [9.17, 15) is 12.8 Å². The number of aromatic nitrogens is 3. The Labute approximate surface area is 177 Å². The molecule has 0 bridgehead atoms. The summed E-state index contributed by atoms with van der Waals surface area (Å²) in [4.78, 5) is 13.6. The van der Waals surface area contributed by atoms with E-state index < -0.39 is 20.9 Å². The van der Waals surface area contributed by atoms with Gasteiger partial charge in [0.05, 0.1) is 16.0 Å². The van der Waals surface area contributed by atoms with Crippen LogP contribution in [0.3, 0.4) is 0 Å². The number of H-pyrrole nitrogens is 1. The molecule has 154 valence electrons. The zero-order chi connectivity index (χ0) is 20.6. The van der Waals surface area contributed by atoms with Gasteiger partial charge >= 0.3 is 0 Å². The number of nitrogens with one attached hydrogen (secondary N) is 1. The molecule has 0 atom stereocenters. The van der Waals surface area contributed by atoms with Gasteiger partial charge in [-0.25, -0.2) is 22.8 Å². The largest absolute Gasteiger partial charge is 0.348 e. The normalized spacial score (nSPS) is 15.8. The molecule has 3 aromatic rings. The van der Waals surface area contributed by atoms with Crippen molar-refractivity contribution in [3.63, 3.8) is 0 Å². The van der Waals surface area contributed by atoms with E-state index in [1.54, 1.807) is 19.1 Å². The molecule has 1 aliphatic rings. The summed E-state index contributed by atoms with van der Waals surface area (Å²) >= 11 is 7.25. The number of hydrogen-bond donors (Lipinski definition) is 1. The van der Waals surface area contributed by atoms with Gasteiger partial charge in [0.2, 0.25) is 15.0 Å². The van der Waals surface area contributed by atoms with Gasteiger partial charge in [0, 0.05) is 36.8 Å². The summed E-state index contributed by atoms with van der Waals surface area (Å²) < 4.78 is 39.1. The molecule has 0 amide bonds. The Balaban J connectivity index is 1.40. The lowest BCUT2D eigenvalue weighted by molar-refractivity contribution is 0.524. The van der Waals surface area contributed by atoms with Crippen LogP contribution in [0.5, 0.6) is 0 Å². The first-order chi connectivity index (χ1) is 13.8. The monoisotopic (exact) mass is 454 g/mol. The van der Waals surface area contributed by atoms with Crippen LogP contribution in [0, 0.1) is 12.7 Å². The van der Waals surface area contributed by atoms with Crippen LogP contribution in [0.4, 0.5) is 9.52 Å². The molecule has 0 aliphatic carbocycles. The van der Waals surface area contributed by atoms with Gasteiger partial charge in [0.25, 0.3) is 0 Å². The Bertz CT molecular complexity index is 1120. The molecule has 1 aromatic carbocycles. The number of sulfone groups is 1. The predicted molar refractivity (Wildman–Crippen MR) is 112 cm³/mol. The summed E-state index contributed by atoms with van der Waals surface area (Å²) in [5.74, 6) is -0.436. The molecule has 0 radical (unpaired) electrons. The minimum absolute atomic E-state index is 0.0557. The standard InChI is InChI=1S/C19H20ClFN4O2S2/c1-12-10-22-18(23-12)29(26,27)15-4-6-25(7-5-15)19-24-14(11-28-19)8-13-2-3-16(20)17(21)9-13/h2-3,9-11,15H,4-8H2,1H3,(H,22,23). The second-order valence-corrected chi connectivity index (χ2v) is 10.5. The third-order valence-corrected chi connectivity index (χ3v) is 8.36. The van der Waals surface area contributed by atoms with E-state index in [2.05, 4.69) is 19.9 Å². The van der Waals surface area contributed by atoms with Crippen LogP contribution in [-0.4, -0.2) is 41.7 Å². The van der Waals surface area contributed by atoms with E-state index in [4.69, 9.17) is 11.6 Å². The molecule has 2 aromatic heterocycles. The van der Waals surface area contributed by atoms with Gasteiger partial charge in [-0.2, -0.15) is 0 Å². The number of anilines is 1. The van der Waals surface area contributed by atoms with Crippen molar-refractivity contribution in [2.45, 2.75) is 36.6 Å². The number of halogens is 2. The average molecular weight is 455 g/mol. The van der Waals surface area contributed by atoms with Crippen molar-refractivity contribution >= 4 is 37.9 Å². The van der Waals surface area contributed by atoms with Gasteiger partial charge < -0.3 is 9.88 Å². The number of imidazole rings is 1. The summed E-state index contributed by atoms with van der Waals surface area (Å²) in [6.45, 7) is 3.02. The highest BCUT2D eigenvalue weighted by Gasteiger charge is 2.33. The van der Waals surface area contributed by atoms with E-state index in [0.29, 0.717) is 32.4 Å². The molecule has 3 heterocycles. The van der Waals surface area contributed by atoms with Crippen LogP contribution in [0.1, 0.15) is 29.8 Å². The summed E-state index contributed by atoms with van der Waals surface area (Å²) in [5.41, 5.74) is 2.40. The van der Waals surface area contributed by atoms with Crippen molar-refractivity contribution in [1.82, 2.24) is 15.0 Å². The van der Waals surface area contributed by atoms with Crippen LogP contribution in [-0.2, 0) is 16.3 Å². The Hall–Kier alpha value is -1.97. The van der Waals surface area contributed by atoms with Gasteiger partial charge in [-0.15, -0.1) is 11.3 Å². The minimum atomic E-state index is -3.45. The maximum absolute atomic E-state index is 13.6.